The Hall–Kier alpha value is -3.07. The number of para-hydroxylation sites is 2. The average molecular weight is 429 g/mol. The molecular formula is C29H38N3+. The third kappa shape index (κ3) is 4.88. The molecular weight excluding hydrogens is 390 g/mol. The quantitative estimate of drug-likeness (QED) is 0.287. The largest absolute Gasteiger partial charge is 0.378 e. The van der Waals surface area contributed by atoms with Gasteiger partial charge in [-0.05, 0) is 59.2 Å². The van der Waals surface area contributed by atoms with Crippen LogP contribution in [0.25, 0.3) is 22.2 Å². The summed E-state index contributed by atoms with van der Waals surface area (Å²) in [6.07, 6.45) is 2.32. The van der Waals surface area contributed by atoms with E-state index >= 15 is 0 Å². The van der Waals surface area contributed by atoms with Crippen LogP contribution in [0.15, 0.2) is 84.2 Å². The highest BCUT2D eigenvalue weighted by molar-refractivity contribution is 5.78. The molecule has 0 saturated heterocycles. The lowest BCUT2D eigenvalue weighted by atomic mass is 10.0. The minimum atomic E-state index is 0.978. The Kier molecular flexibility index (Phi) is 8.10. The first-order valence-corrected chi connectivity index (χ1v) is 11.9. The molecule has 0 atom stereocenters. The van der Waals surface area contributed by atoms with Gasteiger partial charge in [-0.25, -0.2) is 0 Å². The Morgan fingerprint density at radius 3 is 2.00 bits per heavy atom. The zero-order chi connectivity index (χ0) is 23.1. The van der Waals surface area contributed by atoms with E-state index < -0.39 is 0 Å². The van der Waals surface area contributed by atoms with Crippen LogP contribution >= 0.6 is 0 Å². The molecule has 3 heteroatoms. The van der Waals surface area contributed by atoms with Gasteiger partial charge in [-0.3, -0.25) is 0 Å². The second-order valence-electron chi connectivity index (χ2n) is 8.13. The molecule has 2 aromatic carbocycles. The molecule has 0 unspecified atom stereocenters. The molecule has 32 heavy (non-hydrogen) atoms. The van der Waals surface area contributed by atoms with Crippen molar-refractivity contribution < 1.29 is 4.57 Å². The van der Waals surface area contributed by atoms with Gasteiger partial charge < -0.3 is 9.80 Å². The molecule has 0 radical (unpaired) electrons. The van der Waals surface area contributed by atoms with E-state index in [2.05, 4.69) is 129 Å². The van der Waals surface area contributed by atoms with E-state index in [0.29, 0.717) is 0 Å². The number of aromatic nitrogens is 1. The van der Waals surface area contributed by atoms with Crippen molar-refractivity contribution in [2.45, 2.75) is 41.5 Å². The van der Waals surface area contributed by atoms with Crippen LogP contribution in [0.1, 0.15) is 47.2 Å². The summed E-state index contributed by atoms with van der Waals surface area (Å²) in [6, 6.07) is 23.9. The van der Waals surface area contributed by atoms with Crippen molar-refractivity contribution in [1.29, 1.82) is 0 Å². The summed E-state index contributed by atoms with van der Waals surface area (Å²) in [5.41, 5.74) is 7.56. The second-order valence-corrected chi connectivity index (χ2v) is 8.13. The number of allylic oxidation sites excluding steroid dienone is 2. The van der Waals surface area contributed by atoms with Gasteiger partial charge in [0.05, 0.1) is 5.70 Å². The van der Waals surface area contributed by atoms with Crippen LogP contribution in [-0.2, 0) is 0 Å². The number of rotatable bonds is 9. The van der Waals surface area contributed by atoms with Gasteiger partial charge in [-0.2, -0.15) is 4.57 Å². The number of nitrogens with zero attached hydrogens (tertiary/aromatic N) is 3. The minimum Gasteiger partial charge on any atom is -0.378 e. The van der Waals surface area contributed by atoms with E-state index in [9.17, 15) is 0 Å². The monoisotopic (exact) mass is 428 g/mol. The van der Waals surface area contributed by atoms with E-state index in [4.69, 9.17) is 0 Å². The van der Waals surface area contributed by atoms with Crippen LogP contribution in [0.2, 0.25) is 0 Å². The van der Waals surface area contributed by atoms with Gasteiger partial charge in [0.1, 0.15) is 0 Å². The molecule has 1 aromatic heterocycles. The minimum absolute atomic E-state index is 0.978. The molecule has 0 aliphatic carbocycles. The molecule has 3 nitrogen and oxygen atoms in total. The lowest BCUT2D eigenvalue weighted by Crippen LogP contribution is -2.37. The molecule has 0 aliphatic heterocycles. The molecule has 0 aliphatic rings. The Bertz CT molecular complexity index is 1090. The van der Waals surface area contributed by atoms with Gasteiger partial charge in [-0.15, -0.1) is 0 Å². The van der Waals surface area contributed by atoms with E-state index in [1.165, 1.54) is 39.1 Å². The molecule has 0 amide bonds. The van der Waals surface area contributed by atoms with Crippen molar-refractivity contribution in [1.82, 2.24) is 9.80 Å². The fourth-order valence-corrected chi connectivity index (χ4v) is 4.54. The maximum atomic E-state index is 2.48. The fourth-order valence-electron chi connectivity index (χ4n) is 4.54. The van der Waals surface area contributed by atoms with Crippen LogP contribution in [0.4, 0.5) is 0 Å². The van der Waals surface area contributed by atoms with Crippen LogP contribution in [0.5, 0.6) is 0 Å². The van der Waals surface area contributed by atoms with Gasteiger partial charge in [0, 0.05) is 67.6 Å². The molecule has 0 N–H and O–H groups in total. The second kappa shape index (κ2) is 11.0. The molecule has 0 fully saturated rings. The summed E-state index contributed by atoms with van der Waals surface area (Å²) in [6.45, 7) is 17.4. The number of pyridine rings is 1. The smallest absolute Gasteiger partial charge is 0.218 e. The Balaban J connectivity index is 2.34. The molecule has 0 spiro atoms. The van der Waals surface area contributed by atoms with Crippen molar-refractivity contribution in [3.05, 3.63) is 89.9 Å². The van der Waals surface area contributed by atoms with Gasteiger partial charge in [-0.1, -0.05) is 30.3 Å². The third-order valence-corrected chi connectivity index (χ3v) is 6.23. The first kappa shape index (κ1) is 23.6. The number of hydrogen-bond donors (Lipinski definition) is 0. The first-order chi connectivity index (χ1) is 15.5. The predicted octanol–water partition coefficient (Wildman–Crippen LogP) is 6.43. The zero-order valence-corrected chi connectivity index (χ0v) is 20.6. The number of benzene rings is 2. The van der Waals surface area contributed by atoms with Gasteiger partial charge >= 0.3 is 0 Å². The number of likely N-dealkylation sites (N-methyl/N-ethyl adjacent to an activating group) is 1. The Labute approximate surface area is 194 Å². The first-order valence-electron chi connectivity index (χ1n) is 11.9. The van der Waals surface area contributed by atoms with Crippen molar-refractivity contribution in [2.75, 3.05) is 26.2 Å². The summed E-state index contributed by atoms with van der Waals surface area (Å²) in [7, 11) is 0. The van der Waals surface area contributed by atoms with Gasteiger partial charge in [0.25, 0.3) is 0 Å². The standard InChI is InChI=1S/C29H38N3/c1-7-30(8-2)22-23(5)29(31(9-3)10-4)24(6)27-21-20-25-16-14-15-19-28(25)32(27)26-17-12-11-13-18-26/h11-22H,7-10H2,1-6H3/q+1. The average Bonchev–Trinajstić information content (AvgIpc) is 2.84. The maximum Gasteiger partial charge on any atom is 0.218 e. The Morgan fingerprint density at radius 2 is 1.38 bits per heavy atom. The predicted molar refractivity (Wildman–Crippen MR) is 138 cm³/mol. The van der Waals surface area contributed by atoms with Gasteiger partial charge in [0.2, 0.25) is 16.9 Å². The van der Waals surface area contributed by atoms with Crippen molar-refractivity contribution >= 4 is 16.5 Å². The lowest BCUT2D eigenvalue weighted by molar-refractivity contribution is -0.570. The SMILES string of the molecule is CCN(C=C(C)C(=C(C)c1ccc2ccccc2[n+]1-c1ccccc1)N(CC)CC)CC. The van der Waals surface area contributed by atoms with Crippen LogP contribution < -0.4 is 4.57 Å². The molecule has 0 bridgehead atoms. The fraction of sp³-hybridized carbons (Fsp3) is 0.345. The topological polar surface area (TPSA) is 10.4 Å². The summed E-state index contributed by atoms with van der Waals surface area (Å²) in [5.74, 6) is 0. The Morgan fingerprint density at radius 1 is 0.750 bits per heavy atom. The molecule has 168 valence electrons. The third-order valence-electron chi connectivity index (χ3n) is 6.23. The molecule has 3 rings (SSSR count). The van der Waals surface area contributed by atoms with E-state index in [1.54, 1.807) is 0 Å². The number of fused-ring (bicyclic) bond motifs is 1. The zero-order valence-electron chi connectivity index (χ0n) is 20.6. The molecule has 3 aromatic rings. The van der Waals surface area contributed by atoms with Crippen molar-refractivity contribution in [2.24, 2.45) is 0 Å². The van der Waals surface area contributed by atoms with E-state index in [-0.39, 0.29) is 0 Å². The van der Waals surface area contributed by atoms with Crippen LogP contribution in [0, 0.1) is 0 Å². The van der Waals surface area contributed by atoms with E-state index in [1.807, 2.05) is 0 Å². The highest BCUT2D eigenvalue weighted by Gasteiger charge is 2.24. The van der Waals surface area contributed by atoms with Crippen molar-refractivity contribution in [3.8, 4) is 5.69 Å². The van der Waals surface area contributed by atoms with Crippen molar-refractivity contribution in [3.63, 3.8) is 0 Å². The van der Waals surface area contributed by atoms with E-state index in [0.717, 1.165) is 26.2 Å². The number of hydrogen-bond acceptors (Lipinski definition) is 2. The normalized spacial score (nSPS) is 12.6. The molecule has 0 saturated carbocycles. The highest BCUT2D eigenvalue weighted by Crippen LogP contribution is 2.27. The summed E-state index contributed by atoms with van der Waals surface area (Å²) in [4.78, 5) is 4.85. The highest BCUT2D eigenvalue weighted by atomic mass is 15.1. The maximum absolute atomic E-state index is 2.48. The van der Waals surface area contributed by atoms with Crippen LogP contribution in [0.3, 0.4) is 0 Å². The summed E-state index contributed by atoms with van der Waals surface area (Å²) >= 11 is 0. The lowest BCUT2D eigenvalue weighted by Gasteiger charge is -2.28. The summed E-state index contributed by atoms with van der Waals surface area (Å²) < 4.78 is 2.40. The molecule has 1 heterocycles. The van der Waals surface area contributed by atoms with Gasteiger partial charge in [0.15, 0.2) is 0 Å². The van der Waals surface area contributed by atoms with Crippen LogP contribution in [-0.4, -0.2) is 36.0 Å². The summed E-state index contributed by atoms with van der Waals surface area (Å²) in [5, 5.41) is 1.24.